The predicted molar refractivity (Wildman–Crippen MR) is 97.3 cm³/mol. The number of hydrogen-bond donors (Lipinski definition) is 2. The van der Waals surface area contributed by atoms with Crippen LogP contribution in [0.1, 0.15) is 55.5 Å². The Labute approximate surface area is 144 Å². The van der Waals surface area contributed by atoms with E-state index in [-0.39, 0.29) is 18.4 Å². The van der Waals surface area contributed by atoms with Crippen LogP contribution >= 0.6 is 0 Å². The number of carbonyl (C=O) groups excluding carboxylic acids is 2. The average Bonchev–Trinajstić information content (AvgIpc) is 2.58. The topological polar surface area (TPSA) is 61.4 Å². The second kappa shape index (κ2) is 8.71. The van der Waals surface area contributed by atoms with Gasteiger partial charge in [-0.25, -0.2) is 0 Å². The first-order valence-corrected chi connectivity index (χ1v) is 8.95. The van der Waals surface area contributed by atoms with Crippen molar-refractivity contribution in [1.29, 1.82) is 0 Å². The molecule has 132 valence electrons. The number of piperidine rings is 1. The van der Waals surface area contributed by atoms with Crippen LogP contribution in [0.2, 0.25) is 0 Å². The molecule has 0 radical (unpaired) electrons. The monoisotopic (exact) mass is 331 g/mol. The van der Waals surface area contributed by atoms with E-state index >= 15 is 0 Å². The number of aryl methyl sites for hydroxylation is 1. The van der Waals surface area contributed by atoms with Gasteiger partial charge in [-0.2, -0.15) is 0 Å². The Morgan fingerprint density at radius 2 is 2.08 bits per heavy atom. The van der Waals surface area contributed by atoms with E-state index in [1.54, 1.807) is 0 Å². The number of carbonyl (C=O) groups is 2. The predicted octanol–water partition coefficient (Wildman–Crippen LogP) is 2.95. The van der Waals surface area contributed by atoms with Crippen LogP contribution in [0.15, 0.2) is 18.2 Å². The molecule has 0 saturated carbocycles. The molecule has 5 nitrogen and oxygen atoms in total. The highest BCUT2D eigenvalue weighted by molar-refractivity contribution is 5.95. The fourth-order valence-electron chi connectivity index (χ4n) is 3.06. The SMILES string of the molecule is CCCNC(=O)CNc1ccc(C(=O)N2CCCC[C@@H]2C)cc1C. The van der Waals surface area contributed by atoms with Gasteiger partial charge in [0.2, 0.25) is 5.91 Å². The van der Waals surface area contributed by atoms with E-state index in [1.165, 1.54) is 6.42 Å². The minimum absolute atomic E-state index is 0.0152. The van der Waals surface area contributed by atoms with Crippen LogP contribution in [0, 0.1) is 6.92 Å². The summed E-state index contributed by atoms with van der Waals surface area (Å²) in [4.78, 5) is 26.3. The van der Waals surface area contributed by atoms with Crippen molar-refractivity contribution in [1.82, 2.24) is 10.2 Å². The molecule has 2 rings (SSSR count). The first-order chi connectivity index (χ1) is 11.5. The van der Waals surface area contributed by atoms with Crippen LogP contribution in [0.4, 0.5) is 5.69 Å². The van der Waals surface area contributed by atoms with Gasteiger partial charge in [-0.15, -0.1) is 0 Å². The van der Waals surface area contributed by atoms with Gasteiger partial charge in [-0.05, 0) is 63.3 Å². The first-order valence-electron chi connectivity index (χ1n) is 8.95. The zero-order chi connectivity index (χ0) is 17.5. The summed E-state index contributed by atoms with van der Waals surface area (Å²) in [5.74, 6) is 0.0936. The van der Waals surface area contributed by atoms with Crippen molar-refractivity contribution < 1.29 is 9.59 Å². The van der Waals surface area contributed by atoms with Crippen molar-refractivity contribution in [3.63, 3.8) is 0 Å². The van der Waals surface area contributed by atoms with E-state index in [9.17, 15) is 9.59 Å². The van der Waals surface area contributed by atoms with Gasteiger partial charge in [0.05, 0.1) is 6.54 Å². The summed E-state index contributed by atoms with van der Waals surface area (Å²) in [5, 5.41) is 5.98. The summed E-state index contributed by atoms with van der Waals surface area (Å²) in [6, 6.07) is 5.97. The third-order valence-corrected chi connectivity index (χ3v) is 4.55. The molecular weight excluding hydrogens is 302 g/mol. The number of amides is 2. The molecule has 1 heterocycles. The summed E-state index contributed by atoms with van der Waals surface area (Å²) in [6.45, 7) is 7.89. The Morgan fingerprint density at radius 1 is 1.29 bits per heavy atom. The minimum atomic E-state index is -0.0152. The van der Waals surface area contributed by atoms with Gasteiger partial charge in [0.1, 0.15) is 0 Å². The highest BCUT2D eigenvalue weighted by atomic mass is 16.2. The normalized spacial score (nSPS) is 17.5. The summed E-state index contributed by atoms with van der Waals surface area (Å²) in [6.07, 6.45) is 4.29. The number of benzene rings is 1. The Morgan fingerprint density at radius 3 is 2.75 bits per heavy atom. The number of anilines is 1. The van der Waals surface area contributed by atoms with Crippen molar-refractivity contribution in [3.8, 4) is 0 Å². The van der Waals surface area contributed by atoms with Crippen LogP contribution in [-0.2, 0) is 4.79 Å². The zero-order valence-electron chi connectivity index (χ0n) is 15.0. The van der Waals surface area contributed by atoms with Crippen molar-refractivity contribution in [2.75, 3.05) is 25.0 Å². The van der Waals surface area contributed by atoms with Gasteiger partial charge >= 0.3 is 0 Å². The molecule has 2 N–H and O–H groups in total. The van der Waals surface area contributed by atoms with E-state index in [0.29, 0.717) is 12.6 Å². The standard InChI is InChI=1S/C19H29N3O2/c1-4-10-20-18(23)13-21-17-9-8-16(12-14(17)2)19(24)22-11-6-5-7-15(22)3/h8-9,12,15,21H,4-7,10-11,13H2,1-3H3,(H,20,23)/t15-/m0/s1. The van der Waals surface area contributed by atoms with E-state index in [0.717, 1.165) is 42.6 Å². The van der Waals surface area contributed by atoms with E-state index in [2.05, 4.69) is 17.6 Å². The third kappa shape index (κ3) is 4.73. The maximum atomic E-state index is 12.7. The molecular formula is C19H29N3O2. The lowest BCUT2D eigenvalue weighted by atomic mass is 10.0. The molecule has 0 spiro atoms. The summed E-state index contributed by atoms with van der Waals surface area (Å²) >= 11 is 0. The molecule has 1 aromatic carbocycles. The van der Waals surface area contributed by atoms with Crippen molar-refractivity contribution >= 4 is 17.5 Å². The molecule has 24 heavy (non-hydrogen) atoms. The van der Waals surface area contributed by atoms with Gasteiger partial charge in [0.25, 0.3) is 5.91 Å². The molecule has 1 aromatic rings. The molecule has 1 atom stereocenters. The van der Waals surface area contributed by atoms with Crippen LogP contribution in [0.25, 0.3) is 0 Å². The van der Waals surface area contributed by atoms with E-state index < -0.39 is 0 Å². The molecule has 1 aliphatic heterocycles. The minimum Gasteiger partial charge on any atom is -0.376 e. The van der Waals surface area contributed by atoms with Gasteiger partial charge in [0, 0.05) is 30.4 Å². The number of nitrogens with one attached hydrogen (secondary N) is 2. The smallest absolute Gasteiger partial charge is 0.254 e. The number of hydrogen-bond acceptors (Lipinski definition) is 3. The fraction of sp³-hybridized carbons (Fsp3) is 0.579. The molecule has 1 fully saturated rings. The van der Waals surface area contributed by atoms with Crippen LogP contribution in [0.5, 0.6) is 0 Å². The Balaban J connectivity index is 1.98. The molecule has 1 saturated heterocycles. The fourth-order valence-corrected chi connectivity index (χ4v) is 3.06. The van der Waals surface area contributed by atoms with Gasteiger partial charge in [0.15, 0.2) is 0 Å². The molecule has 0 aliphatic carbocycles. The summed E-state index contributed by atoms with van der Waals surface area (Å²) in [5.41, 5.74) is 2.60. The second-order valence-electron chi connectivity index (χ2n) is 6.58. The third-order valence-electron chi connectivity index (χ3n) is 4.55. The van der Waals surface area contributed by atoms with E-state index in [1.807, 2.05) is 36.9 Å². The lowest BCUT2D eigenvalue weighted by molar-refractivity contribution is -0.119. The van der Waals surface area contributed by atoms with Crippen molar-refractivity contribution in [2.24, 2.45) is 0 Å². The molecule has 0 bridgehead atoms. The van der Waals surface area contributed by atoms with Gasteiger partial charge in [-0.3, -0.25) is 9.59 Å². The maximum absolute atomic E-state index is 12.7. The highest BCUT2D eigenvalue weighted by Crippen LogP contribution is 2.22. The van der Waals surface area contributed by atoms with E-state index in [4.69, 9.17) is 0 Å². The van der Waals surface area contributed by atoms with Crippen molar-refractivity contribution in [3.05, 3.63) is 29.3 Å². The zero-order valence-corrected chi connectivity index (χ0v) is 15.0. The molecule has 1 aliphatic rings. The number of nitrogens with zero attached hydrogens (tertiary/aromatic N) is 1. The average molecular weight is 331 g/mol. The molecule has 5 heteroatoms. The van der Waals surface area contributed by atoms with Crippen LogP contribution in [0.3, 0.4) is 0 Å². The summed E-state index contributed by atoms with van der Waals surface area (Å²) < 4.78 is 0. The highest BCUT2D eigenvalue weighted by Gasteiger charge is 2.24. The Kier molecular flexibility index (Phi) is 6.64. The molecule has 0 aromatic heterocycles. The van der Waals surface area contributed by atoms with Crippen LogP contribution in [-0.4, -0.2) is 42.4 Å². The quantitative estimate of drug-likeness (QED) is 0.842. The first kappa shape index (κ1) is 18.3. The second-order valence-corrected chi connectivity index (χ2v) is 6.58. The molecule has 0 unspecified atom stereocenters. The van der Waals surface area contributed by atoms with Gasteiger partial charge in [-0.1, -0.05) is 6.92 Å². The van der Waals surface area contributed by atoms with Crippen molar-refractivity contribution in [2.45, 2.75) is 52.5 Å². The largest absolute Gasteiger partial charge is 0.376 e. The van der Waals surface area contributed by atoms with Gasteiger partial charge < -0.3 is 15.5 Å². The number of rotatable bonds is 6. The maximum Gasteiger partial charge on any atom is 0.254 e. The Hall–Kier alpha value is -2.04. The summed E-state index contributed by atoms with van der Waals surface area (Å²) in [7, 11) is 0. The molecule has 2 amide bonds. The lowest BCUT2D eigenvalue weighted by Gasteiger charge is -2.33. The Bertz CT molecular complexity index is 586. The number of likely N-dealkylation sites (tertiary alicyclic amines) is 1. The lowest BCUT2D eigenvalue weighted by Crippen LogP contribution is -2.42. The van der Waals surface area contributed by atoms with Crippen LogP contribution < -0.4 is 10.6 Å².